The topological polar surface area (TPSA) is 0 Å². The molecular weight excluding hydrogens is 180 g/mol. The van der Waals surface area contributed by atoms with Crippen molar-refractivity contribution in [3.05, 3.63) is 11.6 Å². The van der Waals surface area contributed by atoms with Crippen molar-refractivity contribution >= 4 is 0 Å². The summed E-state index contributed by atoms with van der Waals surface area (Å²) in [5.41, 5.74) is 2.15. The Bertz CT molecular complexity index is 174. The van der Waals surface area contributed by atoms with Gasteiger partial charge in [-0.05, 0) is 37.5 Å². The van der Waals surface area contributed by atoms with Gasteiger partial charge < -0.3 is 0 Å². The average Bonchev–Trinajstić information content (AvgIpc) is 2.21. The van der Waals surface area contributed by atoms with Crippen molar-refractivity contribution in [2.75, 3.05) is 0 Å². The Hall–Kier alpha value is -0.260. The predicted molar refractivity (Wildman–Crippen MR) is 73.2 cm³/mol. The van der Waals surface area contributed by atoms with E-state index in [-0.39, 0.29) is 7.43 Å². The first kappa shape index (κ1) is 17.1. The fourth-order valence-electron chi connectivity index (χ4n) is 1.96. The van der Waals surface area contributed by atoms with Gasteiger partial charge in [0.05, 0.1) is 0 Å². The average molecular weight is 212 g/mol. The predicted octanol–water partition coefficient (Wildman–Crippen LogP) is 5.83. The molecule has 1 atom stereocenters. The minimum atomic E-state index is 0. The summed E-state index contributed by atoms with van der Waals surface area (Å²) in [6.07, 6.45) is 7.79. The molecule has 0 amide bonds. The second-order valence-corrected chi connectivity index (χ2v) is 4.86. The second kappa shape index (κ2) is 7.96. The van der Waals surface area contributed by atoms with Gasteiger partial charge in [0, 0.05) is 0 Å². The highest BCUT2D eigenvalue weighted by atomic mass is 14.3. The van der Waals surface area contributed by atoms with Gasteiger partial charge in [-0.3, -0.25) is 0 Å². The van der Waals surface area contributed by atoms with Crippen LogP contribution in [-0.2, 0) is 0 Å². The molecule has 0 saturated heterocycles. The maximum Gasteiger partial charge on any atom is -0.0314 e. The van der Waals surface area contributed by atoms with Crippen molar-refractivity contribution in [1.29, 1.82) is 0 Å². The smallest absolute Gasteiger partial charge is 0.0314 e. The van der Waals surface area contributed by atoms with Crippen LogP contribution in [0.4, 0.5) is 0 Å². The van der Waals surface area contributed by atoms with Gasteiger partial charge in [0.1, 0.15) is 0 Å². The third-order valence-corrected chi connectivity index (χ3v) is 3.65. The van der Waals surface area contributed by atoms with E-state index in [0.29, 0.717) is 5.41 Å². The number of allylic oxidation sites excluding steroid dienone is 2. The minimum Gasteiger partial charge on any atom is -0.0853 e. The lowest BCUT2D eigenvalue weighted by atomic mass is 9.70. The monoisotopic (exact) mass is 212 g/mol. The van der Waals surface area contributed by atoms with Crippen LogP contribution >= 0.6 is 0 Å². The van der Waals surface area contributed by atoms with E-state index in [0.717, 1.165) is 5.92 Å². The summed E-state index contributed by atoms with van der Waals surface area (Å²) in [4.78, 5) is 0. The molecule has 0 nitrogen and oxygen atoms in total. The van der Waals surface area contributed by atoms with E-state index in [1.165, 1.54) is 25.7 Å². The van der Waals surface area contributed by atoms with E-state index < -0.39 is 0 Å². The third-order valence-electron chi connectivity index (χ3n) is 3.65. The molecule has 0 aromatic rings. The zero-order chi connectivity index (χ0) is 11.2. The molecule has 15 heavy (non-hydrogen) atoms. The second-order valence-electron chi connectivity index (χ2n) is 4.86. The zero-order valence-electron chi connectivity index (χ0n) is 11.0. The summed E-state index contributed by atoms with van der Waals surface area (Å²) in [5, 5.41) is 0. The van der Waals surface area contributed by atoms with E-state index in [9.17, 15) is 0 Å². The maximum atomic E-state index is 2.44. The summed E-state index contributed by atoms with van der Waals surface area (Å²) < 4.78 is 0. The summed E-state index contributed by atoms with van der Waals surface area (Å²) in [6.45, 7) is 13.4. The molecule has 0 heteroatoms. The largest absolute Gasteiger partial charge is 0.0853 e. The van der Waals surface area contributed by atoms with E-state index in [1.807, 2.05) is 13.8 Å². The van der Waals surface area contributed by atoms with Crippen LogP contribution in [0.25, 0.3) is 0 Å². The molecule has 1 rings (SSSR count). The Morgan fingerprint density at radius 2 is 1.87 bits per heavy atom. The van der Waals surface area contributed by atoms with Crippen molar-refractivity contribution in [2.24, 2.45) is 11.3 Å². The van der Waals surface area contributed by atoms with Crippen LogP contribution in [-0.4, -0.2) is 0 Å². The van der Waals surface area contributed by atoms with E-state index in [4.69, 9.17) is 0 Å². The van der Waals surface area contributed by atoms with Crippen LogP contribution in [0.3, 0.4) is 0 Å². The molecule has 0 aromatic heterocycles. The molecule has 1 aliphatic carbocycles. The number of hydrogen-bond donors (Lipinski definition) is 0. The number of hydrogen-bond acceptors (Lipinski definition) is 0. The minimum absolute atomic E-state index is 0. The third kappa shape index (κ3) is 5.39. The molecule has 1 unspecified atom stereocenters. The van der Waals surface area contributed by atoms with Gasteiger partial charge >= 0.3 is 0 Å². The van der Waals surface area contributed by atoms with Crippen molar-refractivity contribution in [1.82, 2.24) is 0 Å². The van der Waals surface area contributed by atoms with E-state index in [2.05, 4.69) is 33.8 Å². The van der Waals surface area contributed by atoms with Gasteiger partial charge in [0.2, 0.25) is 0 Å². The Labute approximate surface area is 98.2 Å². The quantitative estimate of drug-likeness (QED) is 0.505. The first-order valence-electron chi connectivity index (χ1n) is 6.22. The van der Waals surface area contributed by atoms with Crippen LogP contribution in [0.5, 0.6) is 0 Å². The summed E-state index contributed by atoms with van der Waals surface area (Å²) in [5.74, 6) is 0.922. The molecule has 0 saturated carbocycles. The normalized spacial score (nSPS) is 20.7. The molecule has 0 N–H and O–H groups in total. The standard InChI is InChI=1S/C12H22.C2H6.CH4/c1-5-12(3,4)11-8-6-10(2)7-9-11;1-2;/h6,11H,5,7-9H2,1-4H3;1-2H3;1H4. The molecule has 0 aromatic carbocycles. The van der Waals surface area contributed by atoms with Crippen molar-refractivity contribution < 1.29 is 0 Å². The van der Waals surface area contributed by atoms with E-state index in [1.54, 1.807) is 5.57 Å². The van der Waals surface area contributed by atoms with E-state index >= 15 is 0 Å². The molecule has 92 valence electrons. The highest BCUT2D eigenvalue weighted by molar-refractivity contribution is 5.04. The van der Waals surface area contributed by atoms with Gasteiger partial charge in [0.25, 0.3) is 0 Å². The lowest BCUT2D eigenvalue weighted by Crippen LogP contribution is -2.24. The fourth-order valence-corrected chi connectivity index (χ4v) is 1.96. The first-order chi connectivity index (χ1) is 6.56. The lowest BCUT2D eigenvalue weighted by Gasteiger charge is -2.35. The maximum absolute atomic E-state index is 2.44. The van der Waals surface area contributed by atoms with Gasteiger partial charge in [-0.1, -0.05) is 60.1 Å². The Morgan fingerprint density at radius 1 is 1.33 bits per heavy atom. The summed E-state index contributed by atoms with van der Waals surface area (Å²) >= 11 is 0. The summed E-state index contributed by atoms with van der Waals surface area (Å²) in [6, 6.07) is 0. The van der Waals surface area contributed by atoms with Crippen LogP contribution in [0.2, 0.25) is 0 Å². The van der Waals surface area contributed by atoms with Crippen LogP contribution in [0.1, 0.15) is 74.7 Å². The molecule has 1 aliphatic rings. The first-order valence-corrected chi connectivity index (χ1v) is 6.22. The Morgan fingerprint density at radius 3 is 2.20 bits per heavy atom. The molecule has 0 radical (unpaired) electrons. The van der Waals surface area contributed by atoms with Crippen molar-refractivity contribution in [2.45, 2.75) is 74.7 Å². The molecule has 0 bridgehead atoms. The highest BCUT2D eigenvalue weighted by Gasteiger charge is 2.27. The zero-order valence-corrected chi connectivity index (χ0v) is 11.0. The Kier molecular flexibility index (Phi) is 9.10. The lowest BCUT2D eigenvalue weighted by molar-refractivity contribution is 0.187. The SMILES string of the molecule is C.CC.CCC(C)(C)C1CC=C(C)CC1. The van der Waals surface area contributed by atoms with Gasteiger partial charge in [-0.25, -0.2) is 0 Å². The molecule has 0 spiro atoms. The number of rotatable bonds is 2. The molecule has 0 aliphatic heterocycles. The van der Waals surface area contributed by atoms with Gasteiger partial charge in [0.15, 0.2) is 0 Å². The molecule has 0 heterocycles. The fraction of sp³-hybridized carbons (Fsp3) is 0.867. The van der Waals surface area contributed by atoms with Gasteiger partial charge in [-0.15, -0.1) is 0 Å². The van der Waals surface area contributed by atoms with Crippen LogP contribution in [0.15, 0.2) is 11.6 Å². The Balaban J connectivity index is 0. The molecule has 0 fully saturated rings. The highest BCUT2D eigenvalue weighted by Crippen LogP contribution is 2.39. The molecular formula is C15H32. The van der Waals surface area contributed by atoms with Crippen molar-refractivity contribution in [3.63, 3.8) is 0 Å². The summed E-state index contributed by atoms with van der Waals surface area (Å²) in [7, 11) is 0. The van der Waals surface area contributed by atoms with Crippen molar-refractivity contribution in [3.8, 4) is 0 Å². The van der Waals surface area contributed by atoms with Gasteiger partial charge in [-0.2, -0.15) is 0 Å². The van der Waals surface area contributed by atoms with Crippen LogP contribution in [0, 0.1) is 11.3 Å². The van der Waals surface area contributed by atoms with Crippen LogP contribution < -0.4 is 0 Å².